The van der Waals surface area contributed by atoms with Crippen LogP contribution in [0.1, 0.15) is 42.9 Å². The second-order valence-electron chi connectivity index (χ2n) is 5.87. The van der Waals surface area contributed by atoms with Gasteiger partial charge < -0.3 is 10.0 Å². The van der Waals surface area contributed by atoms with Gasteiger partial charge in [0.05, 0.1) is 12.0 Å². The van der Waals surface area contributed by atoms with Crippen LogP contribution in [0.15, 0.2) is 24.3 Å². The number of hydrogen-bond donors (Lipinski definition) is 1. The van der Waals surface area contributed by atoms with E-state index in [1.807, 2.05) is 36.1 Å². The number of carboxylic acid groups (broad SMARTS) is 1. The van der Waals surface area contributed by atoms with Gasteiger partial charge in [0.15, 0.2) is 0 Å². The minimum absolute atomic E-state index is 0.108. The summed E-state index contributed by atoms with van der Waals surface area (Å²) in [5.74, 6) is -1.18. The van der Waals surface area contributed by atoms with Crippen LogP contribution in [0.2, 0.25) is 0 Å². The fourth-order valence-electron chi connectivity index (χ4n) is 3.20. The lowest BCUT2D eigenvalue weighted by Gasteiger charge is -2.40. The highest BCUT2D eigenvalue weighted by Crippen LogP contribution is 2.43. The molecule has 2 unspecified atom stereocenters. The summed E-state index contributed by atoms with van der Waals surface area (Å²) in [5, 5.41) is 9.51. The van der Waals surface area contributed by atoms with Gasteiger partial charge in [0.25, 0.3) is 0 Å². The van der Waals surface area contributed by atoms with Crippen LogP contribution < -0.4 is 0 Å². The number of hydrogen-bond acceptors (Lipinski definition) is 2. The number of nitrogens with zero attached hydrogens (tertiary/aromatic N) is 1. The van der Waals surface area contributed by atoms with Gasteiger partial charge >= 0.3 is 5.97 Å². The third kappa shape index (κ3) is 2.30. The molecule has 1 N–H and O–H groups in total. The molecular weight excluding hydrogens is 254 g/mol. The molecule has 1 amide bonds. The monoisotopic (exact) mass is 273 g/mol. The molecule has 2 atom stereocenters. The Morgan fingerprint density at radius 3 is 2.65 bits per heavy atom. The number of benzene rings is 1. The average molecular weight is 273 g/mol. The van der Waals surface area contributed by atoms with Crippen molar-refractivity contribution < 1.29 is 14.7 Å². The molecule has 0 radical (unpaired) electrons. The Balaban J connectivity index is 2.02. The van der Waals surface area contributed by atoms with Crippen molar-refractivity contribution in [3.63, 3.8) is 0 Å². The van der Waals surface area contributed by atoms with E-state index >= 15 is 0 Å². The van der Waals surface area contributed by atoms with E-state index in [4.69, 9.17) is 0 Å². The number of piperidine rings is 1. The fourth-order valence-corrected chi connectivity index (χ4v) is 3.20. The van der Waals surface area contributed by atoms with Gasteiger partial charge in [-0.2, -0.15) is 0 Å². The Morgan fingerprint density at radius 1 is 1.30 bits per heavy atom. The number of likely N-dealkylation sites (tertiary alicyclic amines) is 1. The molecule has 106 valence electrons. The van der Waals surface area contributed by atoms with Crippen molar-refractivity contribution in [2.45, 2.75) is 44.7 Å². The summed E-state index contributed by atoms with van der Waals surface area (Å²) < 4.78 is 0. The summed E-state index contributed by atoms with van der Waals surface area (Å²) in [7, 11) is 0. The maximum Gasteiger partial charge on any atom is 0.308 e. The first-order valence-electron chi connectivity index (χ1n) is 7.18. The molecule has 1 heterocycles. The standard InChI is InChI=1S/C16H19NO3/c1-10-3-2-4-11(9-10)15-13(16(19)20)7-8-14(18)17(15)12-5-6-12/h2-4,9,12-13,15H,5-8H2,1H3,(H,19,20). The van der Waals surface area contributed by atoms with E-state index < -0.39 is 11.9 Å². The summed E-state index contributed by atoms with van der Waals surface area (Å²) >= 11 is 0. The maximum absolute atomic E-state index is 12.2. The highest BCUT2D eigenvalue weighted by atomic mass is 16.4. The minimum atomic E-state index is -0.797. The Bertz CT molecular complexity index is 550. The minimum Gasteiger partial charge on any atom is -0.481 e. The Labute approximate surface area is 118 Å². The van der Waals surface area contributed by atoms with Crippen LogP contribution >= 0.6 is 0 Å². The number of aliphatic carboxylic acids is 1. The number of aryl methyl sites for hydroxylation is 1. The third-order valence-corrected chi connectivity index (χ3v) is 4.28. The average Bonchev–Trinajstić information content (AvgIpc) is 3.22. The summed E-state index contributed by atoms with van der Waals surface area (Å²) in [6.07, 6.45) is 2.80. The van der Waals surface area contributed by atoms with Crippen molar-refractivity contribution in [1.82, 2.24) is 4.90 Å². The van der Waals surface area contributed by atoms with E-state index in [2.05, 4.69) is 0 Å². The molecule has 20 heavy (non-hydrogen) atoms. The maximum atomic E-state index is 12.2. The van der Waals surface area contributed by atoms with Gasteiger partial charge in [0, 0.05) is 12.5 Å². The van der Waals surface area contributed by atoms with Gasteiger partial charge in [-0.05, 0) is 31.7 Å². The molecule has 0 bridgehead atoms. The molecule has 1 aliphatic carbocycles. The van der Waals surface area contributed by atoms with Crippen molar-refractivity contribution in [2.24, 2.45) is 5.92 Å². The quantitative estimate of drug-likeness (QED) is 0.920. The molecule has 2 fully saturated rings. The van der Waals surface area contributed by atoms with Crippen molar-refractivity contribution in [3.8, 4) is 0 Å². The predicted octanol–water partition coefficient (Wildman–Crippen LogP) is 2.52. The van der Waals surface area contributed by atoms with Crippen LogP contribution in [0.4, 0.5) is 0 Å². The highest BCUT2D eigenvalue weighted by Gasteiger charge is 2.46. The molecule has 4 nitrogen and oxygen atoms in total. The first-order chi connectivity index (χ1) is 9.58. The van der Waals surface area contributed by atoms with E-state index in [1.54, 1.807) is 0 Å². The first kappa shape index (κ1) is 13.2. The van der Waals surface area contributed by atoms with Crippen LogP contribution in [0, 0.1) is 12.8 Å². The number of carbonyl (C=O) groups excluding carboxylic acids is 1. The SMILES string of the molecule is Cc1cccc(C2C(C(=O)O)CCC(=O)N2C2CC2)c1. The zero-order chi connectivity index (χ0) is 14.3. The van der Waals surface area contributed by atoms with E-state index in [0.717, 1.165) is 24.0 Å². The second kappa shape index (κ2) is 4.93. The number of carboxylic acids is 1. The van der Waals surface area contributed by atoms with Gasteiger partial charge in [-0.25, -0.2) is 0 Å². The van der Waals surface area contributed by atoms with E-state index in [1.165, 1.54) is 0 Å². The Kier molecular flexibility index (Phi) is 3.24. The summed E-state index contributed by atoms with van der Waals surface area (Å²) in [4.78, 5) is 25.7. The normalized spacial score (nSPS) is 26.6. The topological polar surface area (TPSA) is 57.6 Å². The smallest absolute Gasteiger partial charge is 0.308 e. The van der Waals surface area contributed by atoms with Crippen LogP contribution in [0.25, 0.3) is 0 Å². The van der Waals surface area contributed by atoms with Crippen molar-refractivity contribution in [3.05, 3.63) is 35.4 Å². The molecule has 0 spiro atoms. The van der Waals surface area contributed by atoms with Gasteiger partial charge in [0.1, 0.15) is 0 Å². The van der Waals surface area contributed by atoms with E-state index in [9.17, 15) is 14.7 Å². The predicted molar refractivity (Wildman–Crippen MR) is 74.1 cm³/mol. The zero-order valence-corrected chi connectivity index (χ0v) is 11.6. The molecule has 1 aromatic carbocycles. The lowest BCUT2D eigenvalue weighted by molar-refractivity contribution is -0.152. The number of carbonyl (C=O) groups is 2. The highest BCUT2D eigenvalue weighted by molar-refractivity contribution is 5.82. The van der Waals surface area contributed by atoms with Crippen molar-refractivity contribution >= 4 is 11.9 Å². The molecular formula is C16H19NO3. The molecule has 2 aliphatic rings. The number of rotatable bonds is 3. The molecule has 3 rings (SSSR count). The largest absolute Gasteiger partial charge is 0.481 e. The van der Waals surface area contributed by atoms with Gasteiger partial charge in [-0.1, -0.05) is 29.8 Å². The van der Waals surface area contributed by atoms with Gasteiger partial charge in [-0.15, -0.1) is 0 Å². The molecule has 1 aromatic rings. The Morgan fingerprint density at radius 2 is 2.05 bits per heavy atom. The van der Waals surface area contributed by atoms with E-state index in [0.29, 0.717) is 12.8 Å². The van der Waals surface area contributed by atoms with Crippen LogP contribution in [-0.4, -0.2) is 27.9 Å². The summed E-state index contributed by atoms with van der Waals surface area (Å²) in [6.45, 7) is 1.99. The molecule has 0 aromatic heterocycles. The van der Waals surface area contributed by atoms with Gasteiger partial charge in [0.2, 0.25) is 5.91 Å². The molecule has 1 saturated carbocycles. The van der Waals surface area contributed by atoms with E-state index in [-0.39, 0.29) is 18.0 Å². The van der Waals surface area contributed by atoms with Crippen LogP contribution in [0.5, 0.6) is 0 Å². The molecule has 1 aliphatic heterocycles. The fraction of sp³-hybridized carbons (Fsp3) is 0.500. The Hall–Kier alpha value is -1.84. The van der Waals surface area contributed by atoms with Crippen molar-refractivity contribution in [2.75, 3.05) is 0 Å². The zero-order valence-electron chi connectivity index (χ0n) is 11.6. The number of amides is 1. The van der Waals surface area contributed by atoms with Crippen LogP contribution in [0.3, 0.4) is 0 Å². The third-order valence-electron chi connectivity index (χ3n) is 4.28. The molecule has 4 heteroatoms. The second-order valence-corrected chi connectivity index (χ2v) is 5.87. The summed E-state index contributed by atoms with van der Waals surface area (Å²) in [5.41, 5.74) is 2.05. The lowest BCUT2D eigenvalue weighted by Crippen LogP contribution is -2.46. The first-order valence-corrected chi connectivity index (χ1v) is 7.18. The van der Waals surface area contributed by atoms with Gasteiger partial charge in [-0.3, -0.25) is 9.59 Å². The summed E-state index contributed by atoms with van der Waals surface area (Å²) in [6, 6.07) is 7.83. The van der Waals surface area contributed by atoms with Crippen molar-refractivity contribution in [1.29, 1.82) is 0 Å². The molecule has 1 saturated heterocycles. The van der Waals surface area contributed by atoms with Crippen LogP contribution in [-0.2, 0) is 9.59 Å². The lowest BCUT2D eigenvalue weighted by atomic mass is 9.83.